The summed E-state index contributed by atoms with van der Waals surface area (Å²) >= 11 is 0. The molecule has 1 fully saturated rings. The van der Waals surface area contributed by atoms with Crippen LogP contribution in [0.3, 0.4) is 0 Å². The molecule has 0 spiro atoms. The summed E-state index contributed by atoms with van der Waals surface area (Å²) in [4.78, 5) is 6.92. The molecule has 3 N–H and O–H groups in total. The van der Waals surface area contributed by atoms with Gasteiger partial charge in [-0.05, 0) is 19.8 Å². The van der Waals surface area contributed by atoms with Crippen LogP contribution in [-0.4, -0.2) is 52.3 Å². The maximum absolute atomic E-state index is 5.88. The Balaban J connectivity index is 2.03. The van der Waals surface area contributed by atoms with Crippen LogP contribution in [0.2, 0.25) is 0 Å². The van der Waals surface area contributed by atoms with Crippen molar-refractivity contribution in [2.75, 3.05) is 26.3 Å². The number of nitrogens with zero attached hydrogens (tertiary/aromatic N) is 3. The van der Waals surface area contributed by atoms with E-state index in [4.69, 9.17) is 10.6 Å². The summed E-state index contributed by atoms with van der Waals surface area (Å²) in [5.41, 5.74) is 3.10. The number of nitrogens with one attached hydrogen (secondary N) is 1. The number of nitrogens with two attached hydrogens (primary N) is 1. The summed E-state index contributed by atoms with van der Waals surface area (Å²) in [6, 6.07) is 0.234. The van der Waals surface area contributed by atoms with Crippen LogP contribution in [0, 0.1) is 0 Å². The molecule has 0 radical (unpaired) electrons. The number of hydrogen-bond donors (Lipinski definition) is 2. The standard InChI is InChI=1S/C15H29N5O/c1-4-15(2,20-9-11-21-12-10-20)13(18-16)5-6-14-17-7-8-19(14)3/h7-8,13,18H,4-6,9-12,16H2,1-3H3. The molecule has 120 valence electrons. The Hall–Kier alpha value is -0.950. The van der Waals surface area contributed by atoms with E-state index in [0.29, 0.717) is 0 Å². The molecule has 0 bridgehead atoms. The molecule has 0 aliphatic carbocycles. The Kier molecular flexibility index (Phi) is 5.75. The first-order chi connectivity index (χ1) is 10.1. The average Bonchev–Trinajstić information content (AvgIpc) is 2.93. The van der Waals surface area contributed by atoms with E-state index in [1.54, 1.807) is 0 Å². The predicted molar refractivity (Wildman–Crippen MR) is 83.7 cm³/mol. The van der Waals surface area contributed by atoms with Crippen molar-refractivity contribution in [1.29, 1.82) is 0 Å². The molecule has 6 nitrogen and oxygen atoms in total. The van der Waals surface area contributed by atoms with Crippen molar-refractivity contribution in [3.8, 4) is 0 Å². The first-order valence-corrected chi connectivity index (χ1v) is 7.87. The lowest BCUT2D eigenvalue weighted by Gasteiger charge is -2.47. The second-order valence-electron chi connectivity index (χ2n) is 6.02. The van der Waals surface area contributed by atoms with Crippen LogP contribution in [0.1, 0.15) is 32.5 Å². The second-order valence-corrected chi connectivity index (χ2v) is 6.02. The van der Waals surface area contributed by atoms with Gasteiger partial charge in [0, 0.05) is 50.5 Å². The Morgan fingerprint density at radius 2 is 2.19 bits per heavy atom. The number of hydrazine groups is 1. The first kappa shape index (κ1) is 16.4. The van der Waals surface area contributed by atoms with Crippen molar-refractivity contribution in [2.24, 2.45) is 12.9 Å². The zero-order valence-corrected chi connectivity index (χ0v) is 13.5. The molecule has 2 rings (SSSR count). The molecule has 1 aromatic heterocycles. The largest absolute Gasteiger partial charge is 0.379 e. The predicted octanol–water partition coefficient (Wildman–Crippen LogP) is 0.686. The number of rotatable bonds is 7. The second kappa shape index (κ2) is 7.35. The Labute approximate surface area is 127 Å². The number of aryl methyl sites for hydroxylation is 2. The zero-order chi connectivity index (χ0) is 15.3. The van der Waals surface area contributed by atoms with Gasteiger partial charge in [-0.25, -0.2) is 4.98 Å². The minimum absolute atomic E-state index is 0.0453. The summed E-state index contributed by atoms with van der Waals surface area (Å²) in [5, 5.41) is 0. The van der Waals surface area contributed by atoms with Crippen LogP contribution in [0.15, 0.2) is 12.4 Å². The van der Waals surface area contributed by atoms with E-state index in [9.17, 15) is 0 Å². The topological polar surface area (TPSA) is 68.3 Å². The molecule has 1 aliphatic rings. The third-order valence-electron chi connectivity index (χ3n) is 4.98. The highest BCUT2D eigenvalue weighted by molar-refractivity contribution is 4.99. The summed E-state index contributed by atoms with van der Waals surface area (Å²) in [7, 11) is 2.04. The van der Waals surface area contributed by atoms with Gasteiger partial charge in [0.1, 0.15) is 5.82 Å². The average molecular weight is 295 g/mol. The van der Waals surface area contributed by atoms with Crippen LogP contribution in [0.5, 0.6) is 0 Å². The third-order valence-corrected chi connectivity index (χ3v) is 4.98. The van der Waals surface area contributed by atoms with E-state index in [2.05, 4.69) is 33.7 Å². The maximum Gasteiger partial charge on any atom is 0.108 e. The molecule has 1 aromatic rings. The van der Waals surface area contributed by atoms with Gasteiger partial charge >= 0.3 is 0 Å². The van der Waals surface area contributed by atoms with Gasteiger partial charge in [0.2, 0.25) is 0 Å². The highest BCUT2D eigenvalue weighted by Gasteiger charge is 2.38. The normalized spacial score (nSPS) is 21.1. The van der Waals surface area contributed by atoms with Crippen molar-refractivity contribution in [3.05, 3.63) is 18.2 Å². The van der Waals surface area contributed by atoms with Gasteiger partial charge in [0.25, 0.3) is 0 Å². The van der Waals surface area contributed by atoms with Gasteiger partial charge in [-0.3, -0.25) is 16.2 Å². The van der Waals surface area contributed by atoms with Crippen molar-refractivity contribution in [3.63, 3.8) is 0 Å². The van der Waals surface area contributed by atoms with E-state index in [0.717, 1.165) is 51.4 Å². The van der Waals surface area contributed by atoms with Gasteiger partial charge in [-0.2, -0.15) is 0 Å². The molecule has 1 saturated heterocycles. The molecule has 2 atom stereocenters. The molecule has 1 aliphatic heterocycles. The van der Waals surface area contributed by atoms with Gasteiger partial charge in [-0.1, -0.05) is 6.92 Å². The number of imidazole rings is 1. The van der Waals surface area contributed by atoms with E-state index in [1.807, 2.05) is 19.4 Å². The fraction of sp³-hybridized carbons (Fsp3) is 0.800. The zero-order valence-electron chi connectivity index (χ0n) is 13.5. The molecule has 6 heteroatoms. The van der Waals surface area contributed by atoms with E-state index >= 15 is 0 Å². The molecular weight excluding hydrogens is 266 g/mol. The van der Waals surface area contributed by atoms with Crippen molar-refractivity contribution < 1.29 is 4.74 Å². The summed E-state index contributed by atoms with van der Waals surface area (Å²) in [5.74, 6) is 6.99. The lowest BCUT2D eigenvalue weighted by molar-refractivity contribution is -0.0334. The van der Waals surface area contributed by atoms with E-state index in [1.165, 1.54) is 0 Å². The number of hydrogen-bond acceptors (Lipinski definition) is 5. The quantitative estimate of drug-likeness (QED) is 0.572. The Morgan fingerprint density at radius 3 is 2.71 bits per heavy atom. The molecular formula is C15H29N5O. The van der Waals surface area contributed by atoms with E-state index < -0.39 is 0 Å². The minimum Gasteiger partial charge on any atom is -0.379 e. The van der Waals surface area contributed by atoms with Gasteiger partial charge in [0.15, 0.2) is 0 Å². The van der Waals surface area contributed by atoms with Crippen molar-refractivity contribution >= 4 is 0 Å². The summed E-state index contributed by atoms with van der Waals surface area (Å²) in [6.45, 7) is 8.12. The lowest BCUT2D eigenvalue weighted by atomic mass is 9.84. The molecule has 2 heterocycles. The number of aromatic nitrogens is 2. The summed E-state index contributed by atoms with van der Waals surface area (Å²) in [6.07, 6.45) is 6.80. The highest BCUT2D eigenvalue weighted by Crippen LogP contribution is 2.27. The van der Waals surface area contributed by atoms with Gasteiger partial charge in [0.05, 0.1) is 13.2 Å². The van der Waals surface area contributed by atoms with Crippen LogP contribution in [-0.2, 0) is 18.2 Å². The number of morpholine rings is 1. The fourth-order valence-corrected chi connectivity index (χ4v) is 3.25. The lowest BCUT2D eigenvalue weighted by Crippen LogP contribution is -2.63. The van der Waals surface area contributed by atoms with Gasteiger partial charge < -0.3 is 9.30 Å². The van der Waals surface area contributed by atoms with Gasteiger partial charge in [-0.15, -0.1) is 0 Å². The van der Waals surface area contributed by atoms with Crippen molar-refractivity contribution in [1.82, 2.24) is 19.9 Å². The van der Waals surface area contributed by atoms with Crippen LogP contribution < -0.4 is 11.3 Å². The highest BCUT2D eigenvalue weighted by atomic mass is 16.5. The van der Waals surface area contributed by atoms with Crippen molar-refractivity contribution in [2.45, 2.75) is 44.7 Å². The monoisotopic (exact) mass is 295 g/mol. The van der Waals surface area contributed by atoms with Crippen LogP contribution >= 0.6 is 0 Å². The molecule has 2 unspecified atom stereocenters. The summed E-state index contributed by atoms with van der Waals surface area (Å²) < 4.78 is 7.56. The molecule has 0 aromatic carbocycles. The SMILES string of the molecule is CCC(C)(C(CCc1nccn1C)NN)N1CCOCC1. The minimum atomic E-state index is 0.0453. The van der Waals surface area contributed by atoms with Crippen LogP contribution in [0.4, 0.5) is 0 Å². The number of ether oxygens (including phenoxy) is 1. The molecule has 0 amide bonds. The van der Waals surface area contributed by atoms with Crippen LogP contribution in [0.25, 0.3) is 0 Å². The third kappa shape index (κ3) is 3.63. The smallest absolute Gasteiger partial charge is 0.108 e. The molecule has 21 heavy (non-hydrogen) atoms. The first-order valence-electron chi connectivity index (χ1n) is 7.87. The Morgan fingerprint density at radius 1 is 1.48 bits per heavy atom. The Bertz CT molecular complexity index is 429. The maximum atomic E-state index is 5.88. The molecule has 0 saturated carbocycles. The fourth-order valence-electron chi connectivity index (χ4n) is 3.25. The van der Waals surface area contributed by atoms with E-state index in [-0.39, 0.29) is 11.6 Å².